The quantitative estimate of drug-likeness (QED) is 0.802. The van der Waals surface area contributed by atoms with E-state index in [1.165, 1.54) is 6.20 Å². The van der Waals surface area contributed by atoms with Gasteiger partial charge in [-0.15, -0.1) is 0 Å². The molecule has 0 radical (unpaired) electrons. The van der Waals surface area contributed by atoms with Crippen LogP contribution in [-0.2, 0) is 4.79 Å². The smallest absolute Gasteiger partial charge is 0.230 e. The number of amides is 1. The molecule has 1 aliphatic rings. The molecule has 1 amide bonds. The van der Waals surface area contributed by atoms with Gasteiger partial charge in [0.25, 0.3) is 0 Å². The maximum Gasteiger partial charge on any atom is 0.230 e. The predicted molar refractivity (Wildman–Crippen MR) is 65.9 cm³/mol. The van der Waals surface area contributed by atoms with Crippen LogP contribution in [0.15, 0.2) is 12.3 Å². The van der Waals surface area contributed by atoms with Crippen LogP contribution in [0, 0.1) is 5.92 Å². The second-order valence-corrected chi connectivity index (χ2v) is 4.54. The normalized spacial score (nSPS) is 16.8. The fraction of sp³-hybridized carbons (Fsp3) is 0.545. The van der Waals surface area contributed by atoms with Crippen molar-refractivity contribution >= 4 is 23.5 Å². The van der Waals surface area contributed by atoms with Crippen LogP contribution >= 0.6 is 11.6 Å². The van der Waals surface area contributed by atoms with Crippen LogP contribution in [0.5, 0.6) is 0 Å². The Kier molecular flexibility index (Phi) is 4.28. The molecule has 1 saturated heterocycles. The van der Waals surface area contributed by atoms with Crippen LogP contribution < -0.4 is 10.6 Å². The standard InChI is InChI=1S/C11H15ClN4O/c12-9-3-6-14-11(15-9)16-10(17)7-8-1-4-13-5-2-8/h3,6,8,13H,1-2,4-5,7H2,(H,14,15,16,17). The van der Waals surface area contributed by atoms with Gasteiger partial charge in [0.15, 0.2) is 0 Å². The Morgan fingerprint density at radius 3 is 3.00 bits per heavy atom. The van der Waals surface area contributed by atoms with E-state index in [9.17, 15) is 4.79 Å². The molecule has 2 rings (SSSR count). The molecule has 0 aromatic carbocycles. The Hall–Kier alpha value is -1.20. The first-order valence-electron chi connectivity index (χ1n) is 5.73. The van der Waals surface area contributed by atoms with E-state index in [4.69, 9.17) is 11.6 Å². The van der Waals surface area contributed by atoms with E-state index in [-0.39, 0.29) is 11.9 Å². The highest BCUT2D eigenvalue weighted by Crippen LogP contribution is 2.16. The lowest BCUT2D eigenvalue weighted by atomic mass is 9.94. The van der Waals surface area contributed by atoms with Gasteiger partial charge < -0.3 is 5.32 Å². The average molecular weight is 255 g/mol. The molecule has 1 fully saturated rings. The lowest BCUT2D eigenvalue weighted by Crippen LogP contribution is -2.30. The lowest BCUT2D eigenvalue weighted by molar-refractivity contribution is -0.117. The fourth-order valence-electron chi connectivity index (χ4n) is 1.92. The van der Waals surface area contributed by atoms with Crippen LogP contribution in [-0.4, -0.2) is 29.0 Å². The number of nitrogens with one attached hydrogen (secondary N) is 2. The molecule has 2 heterocycles. The molecule has 17 heavy (non-hydrogen) atoms. The van der Waals surface area contributed by atoms with Crippen molar-refractivity contribution in [3.63, 3.8) is 0 Å². The van der Waals surface area contributed by atoms with Crippen LogP contribution in [0.1, 0.15) is 19.3 Å². The van der Waals surface area contributed by atoms with E-state index in [1.54, 1.807) is 6.07 Å². The number of hydrogen-bond acceptors (Lipinski definition) is 4. The molecule has 0 bridgehead atoms. The Morgan fingerprint density at radius 1 is 1.53 bits per heavy atom. The van der Waals surface area contributed by atoms with E-state index in [2.05, 4.69) is 20.6 Å². The largest absolute Gasteiger partial charge is 0.317 e. The van der Waals surface area contributed by atoms with Gasteiger partial charge in [-0.2, -0.15) is 0 Å². The monoisotopic (exact) mass is 254 g/mol. The Morgan fingerprint density at radius 2 is 2.29 bits per heavy atom. The second-order valence-electron chi connectivity index (χ2n) is 4.15. The second kappa shape index (κ2) is 5.93. The van der Waals surface area contributed by atoms with Gasteiger partial charge in [0, 0.05) is 12.6 Å². The van der Waals surface area contributed by atoms with E-state index < -0.39 is 0 Å². The third-order valence-corrected chi connectivity index (χ3v) is 3.02. The SMILES string of the molecule is O=C(CC1CCNCC1)Nc1nccc(Cl)n1. The summed E-state index contributed by atoms with van der Waals surface area (Å²) in [6.45, 7) is 1.98. The van der Waals surface area contributed by atoms with Crippen molar-refractivity contribution in [1.29, 1.82) is 0 Å². The summed E-state index contributed by atoms with van der Waals surface area (Å²) in [5.74, 6) is 0.686. The lowest BCUT2D eigenvalue weighted by Gasteiger charge is -2.21. The summed E-state index contributed by atoms with van der Waals surface area (Å²) < 4.78 is 0. The summed E-state index contributed by atoms with van der Waals surface area (Å²) in [6, 6.07) is 1.57. The maximum absolute atomic E-state index is 11.7. The molecule has 1 aliphatic heterocycles. The molecule has 0 spiro atoms. The highest BCUT2D eigenvalue weighted by Gasteiger charge is 2.17. The van der Waals surface area contributed by atoms with Crippen LogP contribution in [0.4, 0.5) is 5.95 Å². The average Bonchev–Trinajstić information content (AvgIpc) is 2.30. The molecular weight excluding hydrogens is 240 g/mol. The van der Waals surface area contributed by atoms with Gasteiger partial charge in [0.1, 0.15) is 5.15 Å². The number of aromatic nitrogens is 2. The number of anilines is 1. The molecule has 0 unspecified atom stereocenters. The minimum absolute atomic E-state index is 0.0424. The molecule has 1 aromatic rings. The summed E-state index contributed by atoms with van der Waals surface area (Å²) in [5, 5.41) is 6.27. The number of hydrogen-bond donors (Lipinski definition) is 2. The summed E-state index contributed by atoms with van der Waals surface area (Å²) in [6.07, 6.45) is 4.14. The molecule has 5 nitrogen and oxygen atoms in total. The molecule has 6 heteroatoms. The first kappa shape index (κ1) is 12.3. The zero-order valence-electron chi connectivity index (χ0n) is 9.45. The number of piperidine rings is 1. The molecule has 0 atom stereocenters. The van der Waals surface area contributed by atoms with Crippen molar-refractivity contribution in [2.45, 2.75) is 19.3 Å². The van der Waals surface area contributed by atoms with Gasteiger partial charge in [-0.3, -0.25) is 10.1 Å². The Labute approximate surface area is 105 Å². The first-order valence-corrected chi connectivity index (χ1v) is 6.11. The molecule has 0 saturated carbocycles. The summed E-state index contributed by atoms with van der Waals surface area (Å²) in [4.78, 5) is 19.6. The zero-order chi connectivity index (χ0) is 12.1. The fourth-order valence-corrected chi connectivity index (χ4v) is 2.06. The number of carbonyl (C=O) groups is 1. The van der Waals surface area contributed by atoms with E-state index in [0.717, 1.165) is 25.9 Å². The van der Waals surface area contributed by atoms with Crippen LogP contribution in [0.25, 0.3) is 0 Å². The van der Waals surface area contributed by atoms with Crippen molar-refractivity contribution in [3.05, 3.63) is 17.4 Å². The highest BCUT2D eigenvalue weighted by atomic mass is 35.5. The minimum Gasteiger partial charge on any atom is -0.317 e. The summed E-state index contributed by atoms with van der Waals surface area (Å²) >= 11 is 5.71. The van der Waals surface area contributed by atoms with Gasteiger partial charge >= 0.3 is 0 Å². The summed E-state index contributed by atoms with van der Waals surface area (Å²) in [5.41, 5.74) is 0. The van der Waals surface area contributed by atoms with Gasteiger partial charge in [-0.05, 0) is 37.9 Å². The van der Waals surface area contributed by atoms with Gasteiger partial charge in [-0.1, -0.05) is 11.6 Å². The molecular formula is C11H15ClN4O. The summed E-state index contributed by atoms with van der Waals surface area (Å²) in [7, 11) is 0. The highest BCUT2D eigenvalue weighted by molar-refractivity contribution is 6.29. The van der Waals surface area contributed by atoms with E-state index in [0.29, 0.717) is 17.5 Å². The van der Waals surface area contributed by atoms with Gasteiger partial charge in [0.05, 0.1) is 0 Å². The van der Waals surface area contributed by atoms with Crippen molar-refractivity contribution in [3.8, 4) is 0 Å². The topological polar surface area (TPSA) is 66.9 Å². The molecule has 92 valence electrons. The third kappa shape index (κ3) is 3.94. The Bertz CT molecular complexity index is 393. The zero-order valence-corrected chi connectivity index (χ0v) is 10.2. The Balaban J connectivity index is 1.84. The van der Waals surface area contributed by atoms with Crippen molar-refractivity contribution in [1.82, 2.24) is 15.3 Å². The van der Waals surface area contributed by atoms with Gasteiger partial charge in [-0.25, -0.2) is 9.97 Å². The third-order valence-electron chi connectivity index (χ3n) is 2.81. The number of halogens is 1. The van der Waals surface area contributed by atoms with Gasteiger partial charge in [0.2, 0.25) is 11.9 Å². The van der Waals surface area contributed by atoms with Crippen molar-refractivity contribution in [2.75, 3.05) is 18.4 Å². The van der Waals surface area contributed by atoms with Crippen molar-refractivity contribution in [2.24, 2.45) is 5.92 Å². The molecule has 2 N–H and O–H groups in total. The van der Waals surface area contributed by atoms with E-state index in [1.807, 2.05) is 0 Å². The maximum atomic E-state index is 11.7. The van der Waals surface area contributed by atoms with Crippen LogP contribution in [0.3, 0.4) is 0 Å². The number of carbonyl (C=O) groups excluding carboxylic acids is 1. The van der Waals surface area contributed by atoms with E-state index >= 15 is 0 Å². The van der Waals surface area contributed by atoms with Crippen molar-refractivity contribution < 1.29 is 4.79 Å². The van der Waals surface area contributed by atoms with Crippen LogP contribution in [0.2, 0.25) is 5.15 Å². The molecule has 1 aromatic heterocycles. The number of nitrogens with zero attached hydrogens (tertiary/aromatic N) is 2. The minimum atomic E-state index is -0.0424. The number of rotatable bonds is 3. The first-order chi connectivity index (χ1) is 8.24. The predicted octanol–water partition coefficient (Wildman–Crippen LogP) is 1.46. The molecule has 0 aliphatic carbocycles.